The van der Waals surface area contributed by atoms with Crippen molar-refractivity contribution in [2.24, 2.45) is 0 Å². The Hall–Kier alpha value is -1.82. The summed E-state index contributed by atoms with van der Waals surface area (Å²) in [5.41, 5.74) is 0.767. The zero-order valence-electron chi connectivity index (χ0n) is 11.2. The number of hydrogen-bond donors (Lipinski definition) is 1. The molecule has 6 heteroatoms. The van der Waals surface area contributed by atoms with E-state index in [-0.39, 0.29) is 0 Å². The third-order valence-corrected chi connectivity index (χ3v) is 4.07. The minimum atomic E-state index is -3.75. The van der Waals surface area contributed by atoms with E-state index in [4.69, 9.17) is 0 Å². The van der Waals surface area contributed by atoms with Crippen molar-refractivity contribution in [1.29, 1.82) is 0 Å². The predicted octanol–water partition coefficient (Wildman–Crippen LogP) is 2.18. The van der Waals surface area contributed by atoms with Crippen molar-refractivity contribution >= 4 is 22.1 Å². The Morgan fingerprint density at radius 1 is 1.10 bits per heavy atom. The zero-order chi connectivity index (χ0) is 14.4. The first-order valence-corrected chi connectivity index (χ1v) is 8.16. The number of piperidine rings is 1. The molecule has 1 fully saturated rings. The van der Waals surface area contributed by atoms with E-state index in [9.17, 15) is 13.2 Å². The van der Waals surface area contributed by atoms with Gasteiger partial charge in [-0.2, -0.15) is 0 Å². The molecule has 20 heavy (non-hydrogen) atoms. The van der Waals surface area contributed by atoms with Gasteiger partial charge in [0.15, 0.2) is 0 Å². The minimum Gasteiger partial charge on any atom is -0.324 e. The molecule has 5 nitrogen and oxygen atoms in total. The number of likely N-dealkylation sites (tertiary alicyclic amines) is 1. The lowest BCUT2D eigenvalue weighted by atomic mass is 10.1. The van der Waals surface area contributed by atoms with E-state index >= 15 is 0 Å². The molecule has 0 radical (unpaired) electrons. The lowest BCUT2D eigenvalue weighted by molar-refractivity contribution is 0.192. The van der Waals surface area contributed by atoms with Crippen LogP contribution in [0.3, 0.4) is 0 Å². The quantitative estimate of drug-likeness (QED) is 0.929. The SMILES string of the molecule is O=C(NS(=O)(=O)/C=C/c1ccccc1)N1CCCCC1. The zero-order valence-corrected chi connectivity index (χ0v) is 12.0. The van der Waals surface area contributed by atoms with Crippen LogP contribution in [0, 0.1) is 0 Å². The van der Waals surface area contributed by atoms with Crippen LogP contribution in [0.15, 0.2) is 35.7 Å². The van der Waals surface area contributed by atoms with Crippen LogP contribution >= 0.6 is 0 Å². The molecule has 2 amide bonds. The van der Waals surface area contributed by atoms with Crippen molar-refractivity contribution in [3.8, 4) is 0 Å². The third kappa shape index (κ3) is 4.38. The summed E-state index contributed by atoms with van der Waals surface area (Å²) < 4.78 is 25.7. The van der Waals surface area contributed by atoms with Gasteiger partial charge < -0.3 is 4.90 Å². The molecular formula is C14H18N2O3S. The highest BCUT2D eigenvalue weighted by Crippen LogP contribution is 2.09. The summed E-state index contributed by atoms with van der Waals surface area (Å²) in [7, 11) is -3.75. The summed E-state index contributed by atoms with van der Waals surface area (Å²) in [6.07, 6.45) is 4.40. The van der Waals surface area contributed by atoms with E-state index in [2.05, 4.69) is 4.72 Å². The van der Waals surface area contributed by atoms with Gasteiger partial charge in [0.2, 0.25) is 0 Å². The molecule has 108 valence electrons. The van der Waals surface area contributed by atoms with Crippen molar-refractivity contribution < 1.29 is 13.2 Å². The lowest BCUT2D eigenvalue weighted by Crippen LogP contribution is -2.44. The predicted molar refractivity (Wildman–Crippen MR) is 78.4 cm³/mol. The monoisotopic (exact) mass is 294 g/mol. The molecule has 0 atom stereocenters. The number of hydrogen-bond acceptors (Lipinski definition) is 3. The number of nitrogens with one attached hydrogen (secondary N) is 1. The largest absolute Gasteiger partial charge is 0.331 e. The Morgan fingerprint density at radius 2 is 1.75 bits per heavy atom. The van der Waals surface area contributed by atoms with Crippen LogP contribution in [0.1, 0.15) is 24.8 Å². The maximum Gasteiger partial charge on any atom is 0.331 e. The lowest BCUT2D eigenvalue weighted by Gasteiger charge is -2.26. The molecule has 1 aromatic carbocycles. The van der Waals surface area contributed by atoms with Crippen molar-refractivity contribution in [3.63, 3.8) is 0 Å². The number of sulfonamides is 1. The van der Waals surface area contributed by atoms with Crippen molar-refractivity contribution in [3.05, 3.63) is 41.3 Å². The maximum absolute atomic E-state index is 11.8. The number of urea groups is 1. The molecule has 1 saturated heterocycles. The summed E-state index contributed by atoms with van der Waals surface area (Å²) in [5.74, 6) is 0. The molecule has 0 saturated carbocycles. The molecule has 0 bridgehead atoms. The number of nitrogens with zero attached hydrogens (tertiary/aromatic N) is 1. The molecule has 1 aliphatic heterocycles. The van der Waals surface area contributed by atoms with E-state index in [0.717, 1.165) is 30.2 Å². The van der Waals surface area contributed by atoms with Crippen molar-refractivity contribution in [1.82, 2.24) is 9.62 Å². The second-order valence-corrected chi connectivity index (χ2v) is 6.28. The first kappa shape index (κ1) is 14.6. The van der Waals surface area contributed by atoms with E-state index < -0.39 is 16.1 Å². The molecule has 1 aromatic rings. The summed E-state index contributed by atoms with van der Waals surface area (Å²) >= 11 is 0. The van der Waals surface area contributed by atoms with Gasteiger partial charge in [-0.05, 0) is 30.9 Å². The van der Waals surface area contributed by atoms with Crippen LogP contribution < -0.4 is 4.72 Å². The van der Waals surface area contributed by atoms with Gasteiger partial charge in [-0.25, -0.2) is 17.9 Å². The van der Waals surface area contributed by atoms with Gasteiger partial charge >= 0.3 is 6.03 Å². The van der Waals surface area contributed by atoms with Gasteiger partial charge in [0.05, 0.1) is 5.41 Å². The minimum absolute atomic E-state index is 0.539. The normalized spacial score (nSPS) is 16.3. The standard InChI is InChI=1S/C14H18N2O3S/c17-14(16-10-5-2-6-11-16)15-20(18,19)12-9-13-7-3-1-4-8-13/h1,3-4,7-9,12H,2,5-6,10-11H2,(H,15,17)/b12-9+. The second-order valence-electron chi connectivity index (χ2n) is 4.71. The van der Waals surface area contributed by atoms with E-state index in [1.54, 1.807) is 12.1 Å². The first-order chi connectivity index (χ1) is 9.57. The highest BCUT2D eigenvalue weighted by Gasteiger charge is 2.19. The average molecular weight is 294 g/mol. The van der Waals surface area contributed by atoms with Gasteiger partial charge in [-0.3, -0.25) is 0 Å². The van der Waals surface area contributed by atoms with Gasteiger partial charge in [-0.1, -0.05) is 30.3 Å². The van der Waals surface area contributed by atoms with E-state index in [0.29, 0.717) is 13.1 Å². The van der Waals surface area contributed by atoms with Gasteiger partial charge in [-0.15, -0.1) is 0 Å². The number of amides is 2. The molecular weight excluding hydrogens is 276 g/mol. The topological polar surface area (TPSA) is 66.5 Å². The smallest absolute Gasteiger partial charge is 0.324 e. The number of benzene rings is 1. The van der Waals surface area contributed by atoms with Crippen LogP contribution in [-0.4, -0.2) is 32.4 Å². The molecule has 2 rings (SSSR count). The fraction of sp³-hybridized carbons (Fsp3) is 0.357. The summed E-state index contributed by atoms with van der Waals surface area (Å²) in [6, 6.07) is 8.53. The Bertz CT molecular complexity index is 576. The fourth-order valence-corrected chi connectivity index (χ4v) is 2.83. The van der Waals surface area contributed by atoms with E-state index in [1.165, 1.54) is 11.0 Å². The Morgan fingerprint density at radius 3 is 2.40 bits per heavy atom. The van der Waals surface area contributed by atoms with Crippen LogP contribution in [0.4, 0.5) is 4.79 Å². The number of rotatable bonds is 3. The van der Waals surface area contributed by atoms with Gasteiger partial charge in [0.25, 0.3) is 10.0 Å². The molecule has 0 aromatic heterocycles. The molecule has 1 aliphatic rings. The Balaban J connectivity index is 1.96. The number of carbonyl (C=O) groups is 1. The molecule has 1 heterocycles. The third-order valence-electron chi connectivity index (χ3n) is 3.11. The maximum atomic E-state index is 11.8. The van der Waals surface area contributed by atoms with Crippen LogP contribution in [0.25, 0.3) is 6.08 Å². The fourth-order valence-electron chi connectivity index (χ4n) is 2.05. The van der Waals surface area contributed by atoms with E-state index in [1.807, 2.05) is 18.2 Å². The molecule has 1 N–H and O–H groups in total. The first-order valence-electron chi connectivity index (χ1n) is 6.62. The molecule has 0 aliphatic carbocycles. The highest BCUT2D eigenvalue weighted by molar-refractivity contribution is 7.93. The molecule has 0 spiro atoms. The summed E-state index contributed by atoms with van der Waals surface area (Å²) in [4.78, 5) is 13.4. The van der Waals surface area contributed by atoms with Crippen LogP contribution in [-0.2, 0) is 10.0 Å². The summed E-state index contributed by atoms with van der Waals surface area (Å²) in [6.45, 7) is 1.23. The van der Waals surface area contributed by atoms with Crippen LogP contribution in [0.2, 0.25) is 0 Å². The second kappa shape index (κ2) is 6.56. The van der Waals surface area contributed by atoms with Gasteiger partial charge in [0, 0.05) is 13.1 Å². The van der Waals surface area contributed by atoms with Crippen LogP contribution in [0.5, 0.6) is 0 Å². The Kier molecular flexibility index (Phi) is 4.79. The highest BCUT2D eigenvalue weighted by atomic mass is 32.2. The number of carbonyl (C=O) groups excluding carboxylic acids is 1. The average Bonchev–Trinajstić information content (AvgIpc) is 2.47. The molecule has 0 unspecified atom stereocenters. The summed E-state index contributed by atoms with van der Waals surface area (Å²) in [5, 5.41) is 1.02. The van der Waals surface area contributed by atoms with Crippen molar-refractivity contribution in [2.75, 3.05) is 13.1 Å². The van der Waals surface area contributed by atoms with Crippen molar-refractivity contribution in [2.45, 2.75) is 19.3 Å². The Labute approximate surface area is 119 Å². The van der Waals surface area contributed by atoms with Gasteiger partial charge in [0.1, 0.15) is 0 Å².